The first-order valence-corrected chi connectivity index (χ1v) is 10.4. The second-order valence-electron chi connectivity index (χ2n) is 7.44. The summed E-state index contributed by atoms with van der Waals surface area (Å²) in [5.74, 6) is 0.540. The Balaban J connectivity index is 1.64. The van der Waals surface area contributed by atoms with Gasteiger partial charge in [-0.3, -0.25) is 4.79 Å². The number of pyridine rings is 1. The number of H-pyrrole nitrogens is 1. The van der Waals surface area contributed by atoms with E-state index in [9.17, 15) is 15.0 Å². The lowest BCUT2D eigenvalue weighted by atomic mass is 9.97. The molecule has 33 heavy (non-hydrogen) atoms. The topological polar surface area (TPSA) is 100 Å². The van der Waals surface area contributed by atoms with E-state index >= 15 is 0 Å². The first-order valence-electron chi connectivity index (χ1n) is 10.0. The fraction of sp³-hybridized carbons (Fsp3) is 0.0400. The summed E-state index contributed by atoms with van der Waals surface area (Å²) in [6.07, 6.45) is 3.09. The molecule has 0 unspecified atom stereocenters. The molecule has 0 aliphatic rings. The molecule has 164 valence electrons. The third kappa shape index (κ3) is 3.58. The molecule has 0 aliphatic heterocycles. The Morgan fingerprint density at radius 1 is 1.00 bits per heavy atom. The molecule has 0 atom stereocenters. The molecule has 8 heteroatoms. The van der Waals surface area contributed by atoms with Crippen molar-refractivity contribution in [1.82, 2.24) is 14.8 Å². The van der Waals surface area contributed by atoms with E-state index in [4.69, 9.17) is 16.3 Å². The van der Waals surface area contributed by atoms with Crippen molar-refractivity contribution in [2.75, 3.05) is 7.11 Å². The van der Waals surface area contributed by atoms with E-state index in [-0.39, 0.29) is 17.2 Å². The van der Waals surface area contributed by atoms with E-state index in [0.29, 0.717) is 38.4 Å². The normalized spacial score (nSPS) is 11.1. The molecule has 2 heterocycles. The molecule has 3 aromatic carbocycles. The van der Waals surface area contributed by atoms with Gasteiger partial charge in [-0.15, -0.1) is 0 Å². The summed E-state index contributed by atoms with van der Waals surface area (Å²) in [5, 5.41) is 26.4. The fourth-order valence-electron chi connectivity index (χ4n) is 3.86. The summed E-state index contributed by atoms with van der Waals surface area (Å²) < 4.78 is 6.57. The van der Waals surface area contributed by atoms with Gasteiger partial charge in [-0.05, 0) is 47.5 Å². The number of phenols is 1. The van der Waals surface area contributed by atoms with Gasteiger partial charge in [0.1, 0.15) is 11.5 Å². The van der Waals surface area contributed by atoms with Gasteiger partial charge in [0, 0.05) is 28.9 Å². The Labute approximate surface area is 193 Å². The lowest BCUT2D eigenvalue weighted by molar-refractivity contribution is 0.415. The molecule has 0 amide bonds. The van der Waals surface area contributed by atoms with E-state index in [2.05, 4.69) is 10.1 Å². The summed E-state index contributed by atoms with van der Waals surface area (Å²) in [6.45, 7) is 0. The number of ether oxygens (including phenoxy) is 1. The van der Waals surface area contributed by atoms with Crippen molar-refractivity contribution in [2.24, 2.45) is 0 Å². The van der Waals surface area contributed by atoms with E-state index in [0.717, 1.165) is 5.56 Å². The van der Waals surface area contributed by atoms with Gasteiger partial charge >= 0.3 is 0 Å². The first-order chi connectivity index (χ1) is 16.0. The van der Waals surface area contributed by atoms with Gasteiger partial charge < -0.3 is 19.9 Å². The van der Waals surface area contributed by atoms with Gasteiger partial charge in [0.2, 0.25) is 0 Å². The van der Waals surface area contributed by atoms with Crippen molar-refractivity contribution < 1.29 is 14.9 Å². The van der Waals surface area contributed by atoms with Crippen LogP contribution in [0, 0.1) is 0 Å². The van der Waals surface area contributed by atoms with Gasteiger partial charge in [0.25, 0.3) is 5.56 Å². The highest BCUT2D eigenvalue weighted by molar-refractivity contribution is 6.34. The minimum absolute atomic E-state index is 0.0111. The Morgan fingerprint density at radius 3 is 2.55 bits per heavy atom. The van der Waals surface area contributed by atoms with Gasteiger partial charge in [0.05, 0.1) is 17.6 Å². The monoisotopic (exact) mass is 459 g/mol. The maximum atomic E-state index is 12.5. The predicted octanol–water partition coefficient (Wildman–Crippen LogP) is 5.12. The molecule has 0 saturated carbocycles. The molecule has 5 rings (SSSR count). The zero-order chi connectivity index (χ0) is 23.1. The molecule has 0 bridgehead atoms. The van der Waals surface area contributed by atoms with Crippen LogP contribution in [0.3, 0.4) is 0 Å². The number of nitrogens with zero attached hydrogens (tertiary/aromatic N) is 2. The lowest BCUT2D eigenvalue weighted by Crippen LogP contribution is -2.15. The number of hydrogen-bond donors (Lipinski definition) is 3. The van der Waals surface area contributed by atoms with Gasteiger partial charge in [-0.2, -0.15) is 5.10 Å². The number of phenolic OH excluding ortho intramolecular Hbond substituents is 1. The molecule has 7 nitrogen and oxygen atoms in total. The quantitative estimate of drug-likeness (QED) is 0.346. The van der Waals surface area contributed by atoms with Crippen LogP contribution in [0.25, 0.3) is 38.8 Å². The minimum Gasteiger partial charge on any atom is -0.507 e. The van der Waals surface area contributed by atoms with Crippen LogP contribution in [0.2, 0.25) is 5.02 Å². The number of nitrogens with one attached hydrogen (secondary N) is 1. The summed E-state index contributed by atoms with van der Waals surface area (Å²) in [7, 11) is 1.59. The fourth-order valence-corrected chi connectivity index (χ4v) is 4.13. The largest absolute Gasteiger partial charge is 0.507 e. The van der Waals surface area contributed by atoms with Gasteiger partial charge in [-0.1, -0.05) is 35.9 Å². The van der Waals surface area contributed by atoms with Crippen LogP contribution < -0.4 is 10.3 Å². The van der Waals surface area contributed by atoms with Crippen LogP contribution in [-0.4, -0.2) is 32.1 Å². The summed E-state index contributed by atoms with van der Waals surface area (Å²) in [6, 6.07) is 17.5. The summed E-state index contributed by atoms with van der Waals surface area (Å²) in [5.41, 5.74) is 2.59. The third-order valence-electron chi connectivity index (χ3n) is 5.47. The third-order valence-corrected chi connectivity index (χ3v) is 5.79. The van der Waals surface area contributed by atoms with Crippen LogP contribution in [0.1, 0.15) is 0 Å². The van der Waals surface area contributed by atoms with Crippen LogP contribution in [0.4, 0.5) is 0 Å². The average molecular weight is 460 g/mol. The van der Waals surface area contributed by atoms with Crippen molar-refractivity contribution in [2.45, 2.75) is 0 Å². The van der Waals surface area contributed by atoms with Crippen molar-refractivity contribution in [3.63, 3.8) is 0 Å². The van der Waals surface area contributed by atoms with Crippen LogP contribution in [0.5, 0.6) is 17.2 Å². The average Bonchev–Trinajstić information content (AvgIpc) is 3.33. The van der Waals surface area contributed by atoms with E-state index < -0.39 is 5.56 Å². The number of fused-ring (bicyclic) bond motifs is 1. The highest BCUT2D eigenvalue weighted by atomic mass is 35.5. The number of benzene rings is 3. The molecule has 2 aromatic heterocycles. The van der Waals surface area contributed by atoms with Crippen LogP contribution in [-0.2, 0) is 0 Å². The van der Waals surface area contributed by atoms with Crippen molar-refractivity contribution >= 4 is 22.5 Å². The Kier molecular flexibility index (Phi) is 5.03. The Bertz CT molecular complexity index is 1560. The Hall–Kier alpha value is -4.23. The second kappa shape index (κ2) is 8.03. The van der Waals surface area contributed by atoms with Crippen LogP contribution >= 0.6 is 11.6 Å². The number of aromatic amines is 1. The number of rotatable bonds is 4. The smallest absolute Gasteiger partial charge is 0.278 e. The number of hydrogen-bond acceptors (Lipinski definition) is 5. The second-order valence-corrected chi connectivity index (χ2v) is 7.85. The highest BCUT2D eigenvalue weighted by Crippen LogP contribution is 2.39. The van der Waals surface area contributed by atoms with Crippen molar-refractivity contribution in [1.29, 1.82) is 0 Å². The number of halogens is 1. The van der Waals surface area contributed by atoms with Crippen molar-refractivity contribution in [3.8, 4) is 45.2 Å². The number of aromatic nitrogens is 3. The Morgan fingerprint density at radius 2 is 1.82 bits per heavy atom. The van der Waals surface area contributed by atoms with E-state index in [1.165, 1.54) is 10.9 Å². The minimum atomic E-state index is -0.493. The van der Waals surface area contributed by atoms with E-state index in [1.54, 1.807) is 43.6 Å². The predicted molar refractivity (Wildman–Crippen MR) is 127 cm³/mol. The molecule has 0 spiro atoms. The first kappa shape index (κ1) is 20.7. The van der Waals surface area contributed by atoms with Crippen LogP contribution in [0.15, 0.2) is 77.9 Å². The number of methoxy groups -OCH3 is 1. The molecule has 0 radical (unpaired) electrons. The summed E-state index contributed by atoms with van der Waals surface area (Å²) in [4.78, 5) is 15.3. The maximum Gasteiger partial charge on any atom is 0.278 e. The maximum absolute atomic E-state index is 12.5. The molecular formula is C25H18ClN3O4. The lowest BCUT2D eigenvalue weighted by Gasteiger charge is -2.13. The summed E-state index contributed by atoms with van der Waals surface area (Å²) >= 11 is 6.51. The van der Waals surface area contributed by atoms with E-state index in [1.807, 2.05) is 30.3 Å². The molecule has 0 aliphatic carbocycles. The molecule has 0 saturated heterocycles. The number of aromatic hydroxyl groups is 2. The SMILES string of the molecule is COc1cccc(-c2ccc(-c3cc4c(O)c(-n5cccn5)c(=O)[nH]c4cc3Cl)cc2O)c1. The zero-order valence-electron chi connectivity index (χ0n) is 17.4. The molecule has 5 aromatic rings. The molecule has 0 fully saturated rings. The van der Waals surface area contributed by atoms with Gasteiger partial charge in [-0.25, -0.2) is 4.68 Å². The standard InChI is InChI=1S/C25H18ClN3O4/c1-33-16-5-2-4-14(10-16)17-7-6-15(11-22(17)30)18-12-19-21(13-20(18)26)28-25(32)23(24(19)31)29-9-3-8-27-29/h2-13,30H,1H3,(H2,28,31,32). The highest BCUT2D eigenvalue weighted by Gasteiger charge is 2.17. The zero-order valence-corrected chi connectivity index (χ0v) is 18.2. The van der Waals surface area contributed by atoms with Gasteiger partial charge in [0.15, 0.2) is 11.4 Å². The molecular weight excluding hydrogens is 442 g/mol. The molecule has 3 N–H and O–H groups in total. The van der Waals surface area contributed by atoms with Crippen molar-refractivity contribution in [3.05, 3.63) is 88.4 Å².